The fourth-order valence-corrected chi connectivity index (χ4v) is 3.46. The highest BCUT2D eigenvalue weighted by Crippen LogP contribution is 2.23. The molecule has 0 saturated heterocycles. The normalized spacial score (nSPS) is 16.4. The van der Waals surface area contributed by atoms with E-state index in [2.05, 4.69) is 33.5 Å². The van der Waals surface area contributed by atoms with E-state index in [0.29, 0.717) is 13.0 Å². The van der Waals surface area contributed by atoms with Gasteiger partial charge in [0.2, 0.25) is 11.8 Å². The molecule has 132 valence electrons. The Balaban J connectivity index is 1.73. The van der Waals surface area contributed by atoms with Crippen molar-refractivity contribution in [3.8, 4) is 0 Å². The van der Waals surface area contributed by atoms with Crippen molar-refractivity contribution in [2.75, 3.05) is 6.54 Å². The summed E-state index contributed by atoms with van der Waals surface area (Å²) in [7, 11) is 0. The number of carbonyl (C=O) groups is 2. The largest absolute Gasteiger partial charge is 0.355 e. The number of hydrogen-bond acceptors (Lipinski definition) is 2. The Morgan fingerprint density at radius 3 is 2.46 bits per heavy atom. The molecule has 1 atom stereocenters. The fourth-order valence-electron chi connectivity index (χ4n) is 3.19. The molecule has 2 amide bonds. The maximum Gasteiger partial charge on any atom is 0.223 e. The number of carbonyl (C=O) groups excluding carboxylic acids is 2. The smallest absolute Gasteiger partial charge is 0.223 e. The molecule has 1 aromatic rings. The van der Waals surface area contributed by atoms with Crippen molar-refractivity contribution in [3.63, 3.8) is 0 Å². The Labute approximate surface area is 152 Å². The van der Waals surface area contributed by atoms with Gasteiger partial charge in [0.25, 0.3) is 0 Å². The van der Waals surface area contributed by atoms with Crippen LogP contribution in [0.15, 0.2) is 28.7 Å². The summed E-state index contributed by atoms with van der Waals surface area (Å²) in [6, 6.07) is 8.01. The molecule has 1 aliphatic rings. The summed E-state index contributed by atoms with van der Waals surface area (Å²) in [6.45, 7) is 2.47. The van der Waals surface area contributed by atoms with E-state index in [1.165, 1.54) is 6.42 Å². The first-order valence-electron chi connectivity index (χ1n) is 8.92. The average Bonchev–Trinajstić information content (AvgIpc) is 2.61. The summed E-state index contributed by atoms with van der Waals surface area (Å²) in [5, 5.41) is 5.97. The second-order valence-electron chi connectivity index (χ2n) is 6.46. The van der Waals surface area contributed by atoms with E-state index in [0.717, 1.165) is 42.1 Å². The predicted octanol–water partition coefficient (Wildman–Crippen LogP) is 4.10. The molecule has 1 aromatic carbocycles. The number of nitrogens with one attached hydrogen (secondary N) is 2. The van der Waals surface area contributed by atoms with Crippen LogP contribution in [0.25, 0.3) is 0 Å². The quantitative estimate of drug-likeness (QED) is 0.730. The highest BCUT2D eigenvalue weighted by atomic mass is 79.9. The summed E-state index contributed by atoms with van der Waals surface area (Å²) in [5.41, 5.74) is 1.10. The zero-order valence-corrected chi connectivity index (χ0v) is 15.9. The maximum atomic E-state index is 12.1. The number of halogens is 1. The molecular formula is C19H27BrN2O2. The molecule has 0 bridgehead atoms. The predicted molar refractivity (Wildman–Crippen MR) is 99.5 cm³/mol. The van der Waals surface area contributed by atoms with E-state index >= 15 is 0 Å². The molecule has 2 N–H and O–H groups in total. The molecule has 1 fully saturated rings. The van der Waals surface area contributed by atoms with Crippen LogP contribution in [0.2, 0.25) is 0 Å². The van der Waals surface area contributed by atoms with Gasteiger partial charge in [-0.1, -0.05) is 54.2 Å². The van der Waals surface area contributed by atoms with Gasteiger partial charge in [-0.15, -0.1) is 0 Å². The lowest BCUT2D eigenvalue weighted by Crippen LogP contribution is -2.36. The fraction of sp³-hybridized carbons (Fsp3) is 0.579. The zero-order valence-electron chi connectivity index (χ0n) is 14.3. The third-order valence-corrected chi connectivity index (χ3v) is 5.17. The molecule has 1 unspecified atom stereocenters. The van der Waals surface area contributed by atoms with Gasteiger partial charge < -0.3 is 10.6 Å². The molecule has 1 aliphatic carbocycles. The first-order chi connectivity index (χ1) is 11.6. The summed E-state index contributed by atoms with van der Waals surface area (Å²) in [4.78, 5) is 24.2. The van der Waals surface area contributed by atoms with Crippen molar-refractivity contribution in [2.45, 2.75) is 57.9 Å². The summed E-state index contributed by atoms with van der Waals surface area (Å²) >= 11 is 3.42. The van der Waals surface area contributed by atoms with Crippen LogP contribution in [0.4, 0.5) is 0 Å². The number of rotatable bonds is 7. The molecule has 0 radical (unpaired) electrons. The zero-order chi connectivity index (χ0) is 17.4. The van der Waals surface area contributed by atoms with E-state index in [1.807, 2.05) is 24.3 Å². The van der Waals surface area contributed by atoms with Crippen molar-refractivity contribution in [2.24, 2.45) is 5.92 Å². The van der Waals surface area contributed by atoms with E-state index in [9.17, 15) is 9.59 Å². The second-order valence-corrected chi connectivity index (χ2v) is 7.37. The van der Waals surface area contributed by atoms with Crippen LogP contribution in [0.3, 0.4) is 0 Å². The molecule has 0 aliphatic heterocycles. The highest BCUT2D eigenvalue weighted by molar-refractivity contribution is 9.10. The Hall–Kier alpha value is -1.36. The highest BCUT2D eigenvalue weighted by Gasteiger charge is 2.21. The monoisotopic (exact) mass is 394 g/mol. The summed E-state index contributed by atoms with van der Waals surface area (Å²) in [5.74, 6) is 0.240. The van der Waals surface area contributed by atoms with Crippen molar-refractivity contribution >= 4 is 27.7 Å². The van der Waals surface area contributed by atoms with Gasteiger partial charge in [-0.05, 0) is 37.0 Å². The van der Waals surface area contributed by atoms with Crippen LogP contribution < -0.4 is 10.6 Å². The first-order valence-corrected chi connectivity index (χ1v) is 9.72. The standard InChI is InChI=1S/C19H27BrN2O2/c1-2-17(14-8-10-16(20)11-9-14)22-18(23)12-13-21-19(24)15-6-4-3-5-7-15/h8-11,15,17H,2-7,12-13H2,1H3,(H,21,24)(H,22,23). The number of benzene rings is 1. The minimum atomic E-state index is -0.0197. The molecule has 1 saturated carbocycles. The van der Waals surface area contributed by atoms with E-state index in [1.54, 1.807) is 0 Å². The minimum Gasteiger partial charge on any atom is -0.355 e. The molecule has 5 heteroatoms. The Bertz CT molecular complexity index is 539. The second kappa shape index (κ2) is 9.82. The Morgan fingerprint density at radius 2 is 1.83 bits per heavy atom. The lowest BCUT2D eigenvalue weighted by Gasteiger charge is -2.21. The lowest BCUT2D eigenvalue weighted by atomic mass is 9.89. The van der Waals surface area contributed by atoms with Crippen molar-refractivity contribution in [1.82, 2.24) is 10.6 Å². The van der Waals surface area contributed by atoms with Gasteiger partial charge in [-0.2, -0.15) is 0 Å². The summed E-state index contributed by atoms with van der Waals surface area (Å²) in [6.07, 6.45) is 6.65. The molecule has 2 rings (SSSR count). The van der Waals surface area contributed by atoms with Crippen LogP contribution in [-0.4, -0.2) is 18.4 Å². The van der Waals surface area contributed by atoms with Gasteiger partial charge in [-0.25, -0.2) is 0 Å². The van der Waals surface area contributed by atoms with Crippen LogP contribution in [0.5, 0.6) is 0 Å². The molecule has 0 spiro atoms. The molecule has 0 aromatic heterocycles. The van der Waals surface area contributed by atoms with Crippen LogP contribution in [0.1, 0.15) is 63.5 Å². The van der Waals surface area contributed by atoms with Crippen LogP contribution in [-0.2, 0) is 9.59 Å². The van der Waals surface area contributed by atoms with Crippen LogP contribution in [0, 0.1) is 5.92 Å². The topological polar surface area (TPSA) is 58.2 Å². The van der Waals surface area contributed by atoms with E-state index in [4.69, 9.17) is 0 Å². The maximum absolute atomic E-state index is 12.1. The third kappa shape index (κ3) is 5.93. The first kappa shape index (κ1) is 19.0. The van der Waals surface area contributed by atoms with Gasteiger partial charge in [-0.3, -0.25) is 9.59 Å². The third-order valence-electron chi connectivity index (χ3n) is 4.64. The van der Waals surface area contributed by atoms with E-state index < -0.39 is 0 Å². The van der Waals surface area contributed by atoms with Crippen LogP contribution >= 0.6 is 15.9 Å². The summed E-state index contributed by atoms with van der Waals surface area (Å²) < 4.78 is 1.03. The van der Waals surface area contributed by atoms with E-state index in [-0.39, 0.29) is 23.8 Å². The van der Waals surface area contributed by atoms with Crippen molar-refractivity contribution in [1.29, 1.82) is 0 Å². The van der Waals surface area contributed by atoms with Gasteiger partial charge in [0.05, 0.1) is 6.04 Å². The number of amides is 2. The van der Waals surface area contributed by atoms with Crippen molar-refractivity contribution < 1.29 is 9.59 Å². The van der Waals surface area contributed by atoms with Crippen molar-refractivity contribution in [3.05, 3.63) is 34.3 Å². The van der Waals surface area contributed by atoms with Gasteiger partial charge in [0.1, 0.15) is 0 Å². The average molecular weight is 395 g/mol. The lowest BCUT2D eigenvalue weighted by molar-refractivity contribution is -0.126. The molecule has 0 heterocycles. The SMILES string of the molecule is CCC(NC(=O)CCNC(=O)C1CCCCC1)c1ccc(Br)cc1. The van der Waals surface area contributed by atoms with Gasteiger partial charge in [0, 0.05) is 23.4 Å². The van der Waals surface area contributed by atoms with Gasteiger partial charge >= 0.3 is 0 Å². The Kier molecular flexibility index (Phi) is 7.76. The molecule has 4 nitrogen and oxygen atoms in total. The number of hydrogen-bond donors (Lipinski definition) is 2. The molecular weight excluding hydrogens is 368 g/mol. The molecule has 24 heavy (non-hydrogen) atoms. The Morgan fingerprint density at radius 1 is 1.17 bits per heavy atom. The minimum absolute atomic E-state index is 0.0136. The van der Waals surface area contributed by atoms with Gasteiger partial charge in [0.15, 0.2) is 0 Å².